The highest BCUT2D eigenvalue weighted by Crippen LogP contribution is 2.29. The Morgan fingerprint density at radius 2 is 2.28 bits per heavy atom. The number of esters is 1. The lowest BCUT2D eigenvalue weighted by Gasteiger charge is -2.45. The monoisotopic (exact) mass is 248 g/mol. The van der Waals surface area contributed by atoms with Gasteiger partial charge < -0.3 is 9.64 Å². The van der Waals surface area contributed by atoms with Crippen LogP contribution < -0.4 is 0 Å². The first-order valence-corrected chi connectivity index (χ1v) is 5.98. The quantitative estimate of drug-likeness (QED) is 0.752. The number of methoxy groups -OCH3 is 1. The second-order valence-corrected chi connectivity index (χ2v) is 4.31. The molecular weight excluding hydrogens is 232 g/mol. The zero-order chi connectivity index (χ0) is 13.1. The Kier molecular flexibility index (Phi) is 3.60. The van der Waals surface area contributed by atoms with Gasteiger partial charge in [-0.2, -0.15) is 0 Å². The van der Waals surface area contributed by atoms with Gasteiger partial charge in [-0.1, -0.05) is 13.0 Å². The second kappa shape index (κ2) is 5.16. The molecule has 1 aliphatic rings. The summed E-state index contributed by atoms with van der Waals surface area (Å²) in [5.74, 6) is -0.377. The van der Waals surface area contributed by atoms with Gasteiger partial charge >= 0.3 is 5.97 Å². The fourth-order valence-electron chi connectivity index (χ4n) is 2.22. The van der Waals surface area contributed by atoms with Crippen LogP contribution in [0.3, 0.4) is 0 Å². The minimum atomic E-state index is -0.463. The number of amides is 1. The zero-order valence-electron chi connectivity index (χ0n) is 10.5. The van der Waals surface area contributed by atoms with E-state index in [1.165, 1.54) is 12.0 Å². The van der Waals surface area contributed by atoms with Gasteiger partial charge in [-0.3, -0.25) is 9.78 Å². The van der Waals surface area contributed by atoms with Crippen molar-refractivity contribution < 1.29 is 14.3 Å². The van der Waals surface area contributed by atoms with Gasteiger partial charge in [0.05, 0.1) is 7.11 Å². The SMILES string of the molecule is CC[C@@H]1CN(C(=O)c2ccccn2)[C@@H]1C(=O)OC. The summed E-state index contributed by atoms with van der Waals surface area (Å²) in [6, 6.07) is 4.69. The number of aromatic nitrogens is 1. The number of hydrogen-bond acceptors (Lipinski definition) is 4. The van der Waals surface area contributed by atoms with E-state index in [0.717, 1.165) is 6.42 Å². The van der Waals surface area contributed by atoms with Gasteiger partial charge in [0.25, 0.3) is 5.91 Å². The van der Waals surface area contributed by atoms with E-state index >= 15 is 0 Å². The van der Waals surface area contributed by atoms with Crippen LogP contribution in [0.15, 0.2) is 24.4 Å². The fourth-order valence-corrected chi connectivity index (χ4v) is 2.22. The average Bonchev–Trinajstić information content (AvgIpc) is 2.38. The zero-order valence-corrected chi connectivity index (χ0v) is 10.5. The van der Waals surface area contributed by atoms with Crippen LogP contribution in [0.2, 0.25) is 0 Å². The first kappa shape index (κ1) is 12.5. The molecule has 0 unspecified atom stereocenters. The Labute approximate surface area is 106 Å². The molecule has 2 heterocycles. The maximum absolute atomic E-state index is 12.2. The molecule has 2 rings (SSSR count). The molecule has 2 atom stereocenters. The molecular formula is C13H16N2O3. The van der Waals surface area contributed by atoms with Crippen molar-refractivity contribution in [2.45, 2.75) is 19.4 Å². The van der Waals surface area contributed by atoms with E-state index < -0.39 is 6.04 Å². The first-order chi connectivity index (χ1) is 8.69. The van der Waals surface area contributed by atoms with Crippen LogP contribution >= 0.6 is 0 Å². The molecule has 1 aromatic rings. The summed E-state index contributed by atoms with van der Waals surface area (Å²) in [5.41, 5.74) is 0.362. The largest absolute Gasteiger partial charge is 0.467 e. The van der Waals surface area contributed by atoms with Gasteiger partial charge in [-0.15, -0.1) is 0 Å². The van der Waals surface area contributed by atoms with Gasteiger partial charge in [-0.25, -0.2) is 4.79 Å². The van der Waals surface area contributed by atoms with E-state index in [4.69, 9.17) is 4.74 Å². The molecule has 96 valence electrons. The molecule has 0 radical (unpaired) electrons. The van der Waals surface area contributed by atoms with Gasteiger partial charge in [0.2, 0.25) is 0 Å². The summed E-state index contributed by atoms with van der Waals surface area (Å²) in [7, 11) is 1.34. The van der Waals surface area contributed by atoms with Gasteiger partial charge in [0.1, 0.15) is 11.7 Å². The summed E-state index contributed by atoms with van der Waals surface area (Å²) in [4.78, 5) is 29.4. The predicted molar refractivity (Wildman–Crippen MR) is 64.9 cm³/mol. The van der Waals surface area contributed by atoms with Crippen molar-refractivity contribution in [3.05, 3.63) is 30.1 Å². The smallest absolute Gasteiger partial charge is 0.328 e. The van der Waals surface area contributed by atoms with Crippen LogP contribution in [0, 0.1) is 5.92 Å². The van der Waals surface area contributed by atoms with Crippen molar-refractivity contribution in [2.24, 2.45) is 5.92 Å². The molecule has 5 nitrogen and oxygen atoms in total. The van der Waals surface area contributed by atoms with Crippen molar-refractivity contribution in [1.82, 2.24) is 9.88 Å². The number of carbonyl (C=O) groups is 2. The number of ether oxygens (including phenoxy) is 1. The lowest BCUT2D eigenvalue weighted by atomic mass is 9.86. The number of pyridine rings is 1. The van der Waals surface area contributed by atoms with E-state index in [9.17, 15) is 9.59 Å². The second-order valence-electron chi connectivity index (χ2n) is 4.31. The molecule has 1 aromatic heterocycles. The third kappa shape index (κ3) is 2.08. The highest BCUT2D eigenvalue weighted by molar-refractivity contribution is 5.96. The Hall–Kier alpha value is -1.91. The van der Waals surface area contributed by atoms with Crippen molar-refractivity contribution in [3.8, 4) is 0 Å². The molecule has 1 fully saturated rings. The minimum Gasteiger partial charge on any atom is -0.467 e. The topological polar surface area (TPSA) is 59.5 Å². The standard InChI is InChI=1S/C13H16N2O3/c1-3-9-8-15(11(9)13(17)18-2)12(16)10-6-4-5-7-14-10/h4-7,9,11H,3,8H2,1-2H3/t9-,11+/m1/s1. The summed E-state index contributed by atoms with van der Waals surface area (Å²) in [6.07, 6.45) is 2.42. The van der Waals surface area contributed by atoms with E-state index in [1.807, 2.05) is 6.92 Å². The van der Waals surface area contributed by atoms with Crippen LogP contribution in [0.5, 0.6) is 0 Å². The molecule has 18 heavy (non-hydrogen) atoms. The minimum absolute atomic E-state index is 0.185. The summed E-state index contributed by atoms with van der Waals surface area (Å²) in [5, 5.41) is 0. The molecule has 0 bridgehead atoms. The number of rotatable bonds is 3. The molecule has 1 aliphatic heterocycles. The van der Waals surface area contributed by atoms with Crippen molar-refractivity contribution in [2.75, 3.05) is 13.7 Å². The number of hydrogen-bond donors (Lipinski definition) is 0. The van der Waals surface area contributed by atoms with Crippen LogP contribution in [-0.2, 0) is 9.53 Å². The third-order valence-corrected chi connectivity index (χ3v) is 3.33. The van der Waals surface area contributed by atoms with Gasteiger partial charge in [-0.05, 0) is 18.6 Å². The van der Waals surface area contributed by atoms with Crippen LogP contribution in [-0.4, -0.2) is 41.5 Å². The molecule has 1 saturated heterocycles. The molecule has 5 heteroatoms. The van der Waals surface area contributed by atoms with Crippen molar-refractivity contribution in [3.63, 3.8) is 0 Å². The van der Waals surface area contributed by atoms with Crippen LogP contribution in [0.4, 0.5) is 0 Å². The van der Waals surface area contributed by atoms with E-state index in [0.29, 0.717) is 12.2 Å². The molecule has 0 spiro atoms. The predicted octanol–water partition coefficient (Wildman–Crippen LogP) is 1.11. The Balaban J connectivity index is 2.14. The number of nitrogens with zero attached hydrogens (tertiary/aromatic N) is 2. The van der Waals surface area contributed by atoms with E-state index in [2.05, 4.69) is 4.98 Å². The van der Waals surface area contributed by atoms with Crippen molar-refractivity contribution >= 4 is 11.9 Å². The van der Waals surface area contributed by atoms with Gasteiger partial charge in [0.15, 0.2) is 0 Å². The average molecular weight is 248 g/mol. The van der Waals surface area contributed by atoms with Gasteiger partial charge in [0, 0.05) is 18.7 Å². The maximum atomic E-state index is 12.2. The molecule has 0 saturated carbocycles. The number of likely N-dealkylation sites (tertiary alicyclic amines) is 1. The fraction of sp³-hybridized carbons (Fsp3) is 0.462. The Morgan fingerprint density at radius 1 is 1.50 bits per heavy atom. The summed E-state index contributed by atoms with van der Waals surface area (Å²) < 4.78 is 4.75. The Morgan fingerprint density at radius 3 is 2.83 bits per heavy atom. The first-order valence-electron chi connectivity index (χ1n) is 5.98. The number of carbonyl (C=O) groups excluding carboxylic acids is 2. The van der Waals surface area contributed by atoms with E-state index in [-0.39, 0.29) is 17.8 Å². The summed E-state index contributed by atoms with van der Waals surface area (Å²) >= 11 is 0. The lowest BCUT2D eigenvalue weighted by molar-refractivity contribution is -0.154. The highest BCUT2D eigenvalue weighted by Gasteiger charge is 2.46. The highest BCUT2D eigenvalue weighted by atomic mass is 16.5. The maximum Gasteiger partial charge on any atom is 0.328 e. The summed E-state index contributed by atoms with van der Waals surface area (Å²) in [6.45, 7) is 2.59. The lowest BCUT2D eigenvalue weighted by Crippen LogP contribution is -2.62. The molecule has 0 aliphatic carbocycles. The van der Waals surface area contributed by atoms with E-state index in [1.54, 1.807) is 24.4 Å². The molecule has 0 N–H and O–H groups in total. The normalized spacial score (nSPS) is 22.2. The van der Waals surface area contributed by atoms with Crippen LogP contribution in [0.1, 0.15) is 23.8 Å². The third-order valence-electron chi connectivity index (χ3n) is 3.33. The Bertz CT molecular complexity index is 447. The van der Waals surface area contributed by atoms with Crippen LogP contribution in [0.25, 0.3) is 0 Å². The molecule has 1 amide bonds. The molecule has 0 aromatic carbocycles. The van der Waals surface area contributed by atoms with Crippen molar-refractivity contribution in [1.29, 1.82) is 0 Å².